The molecule has 7 nitrogen and oxygen atoms in total. The van der Waals surface area contributed by atoms with E-state index in [0.29, 0.717) is 25.7 Å². The van der Waals surface area contributed by atoms with Gasteiger partial charge in [0, 0.05) is 17.2 Å². The Morgan fingerprint density at radius 2 is 1.94 bits per heavy atom. The zero-order valence-corrected chi connectivity index (χ0v) is 18.0. The maximum atomic E-state index is 12.8. The van der Waals surface area contributed by atoms with E-state index in [1.54, 1.807) is 54.6 Å². The van der Waals surface area contributed by atoms with E-state index in [2.05, 4.69) is 4.98 Å². The molecule has 0 atom stereocenters. The Morgan fingerprint density at radius 3 is 2.58 bits per heavy atom. The highest BCUT2D eigenvalue weighted by Gasteiger charge is 2.33. The average Bonchev–Trinajstić information content (AvgIpc) is 3.02. The summed E-state index contributed by atoms with van der Waals surface area (Å²) in [5, 5.41) is 11.2. The number of carbonyl (C=O) groups is 1. The number of ether oxygens (including phenoxy) is 1. The molecule has 0 aliphatic carbocycles. The Bertz CT molecular complexity index is 1210. The molecule has 3 aromatic rings. The summed E-state index contributed by atoms with van der Waals surface area (Å²) in [6, 6.07) is 16.7. The number of thioether (sulfide) groups is 1. The molecule has 1 fully saturated rings. The van der Waals surface area contributed by atoms with E-state index < -0.39 is 4.92 Å². The number of pyridine rings is 1. The van der Waals surface area contributed by atoms with Crippen LogP contribution in [0.4, 0.5) is 11.4 Å². The van der Waals surface area contributed by atoms with Crippen molar-refractivity contribution in [2.75, 3.05) is 4.90 Å². The molecule has 0 spiro atoms. The van der Waals surface area contributed by atoms with E-state index in [1.807, 2.05) is 0 Å². The number of carbonyl (C=O) groups excluding carboxylic acids is 1. The van der Waals surface area contributed by atoms with Crippen LogP contribution in [0.15, 0.2) is 71.8 Å². The monoisotopic (exact) mass is 469 g/mol. The van der Waals surface area contributed by atoms with Gasteiger partial charge in [0.25, 0.3) is 11.6 Å². The van der Waals surface area contributed by atoms with Crippen LogP contribution in [0.1, 0.15) is 5.56 Å². The molecule has 1 amide bonds. The summed E-state index contributed by atoms with van der Waals surface area (Å²) in [5.74, 6) is 0.526. The highest BCUT2D eigenvalue weighted by atomic mass is 35.5. The van der Waals surface area contributed by atoms with E-state index in [4.69, 9.17) is 28.6 Å². The van der Waals surface area contributed by atoms with Crippen LogP contribution in [0, 0.1) is 10.1 Å². The third-order valence-corrected chi connectivity index (χ3v) is 5.73. The summed E-state index contributed by atoms with van der Waals surface area (Å²) in [4.78, 5) is 28.9. The molecule has 2 heterocycles. The van der Waals surface area contributed by atoms with Crippen LogP contribution in [-0.2, 0) is 4.79 Å². The van der Waals surface area contributed by atoms with Crippen molar-refractivity contribution in [3.05, 3.63) is 92.5 Å². The van der Waals surface area contributed by atoms with Gasteiger partial charge in [0.2, 0.25) is 5.88 Å². The maximum Gasteiger partial charge on any atom is 0.287 e. The minimum atomic E-state index is -0.527. The second-order valence-corrected chi connectivity index (χ2v) is 8.39. The van der Waals surface area contributed by atoms with Gasteiger partial charge in [-0.2, -0.15) is 0 Å². The minimum Gasteiger partial charge on any atom is -0.439 e. The van der Waals surface area contributed by atoms with Gasteiger partial charge in [0.1, 0.15) is 11.9 Å². The molecule has 4 rings (SSSR count). The Labute approximate surface area is 191 Å². The summed E-state index contributed by atoms with van der Waals surface area (Å²) < 4.78 is 6.03. The molecule has 2 aromatic carbocycles. The van der Waals surface area contributed by atoms with E-state index in [-0.39, 0.29) is 17.5 Å². The molecule has 1 aliphatic rings. The van der Waals surface area contributed by atoms with E-state index >= 15 is 0 Å². The third kappa shape index (κ3) is 4.74. The van der Waals surface area contributed by atoms with Crippen molar-refractivity contribution in [3.8, 4) is 11.6 Å². The van der Waals surface area contributed by atoms with Gasteiger partial charge in [-0.3, -0.25) is 19.8 Å². The first-order valence-corrected chi connectivity index (χ1v) is 10.4. The number of halogens is 1. The minimum absolute atomic E-state index is 0.113. The number of benzene rings is 2. The Hall–Kier alpha value is -3.27. The molecule has 1 aromatic heterocycles. The summed E-state index contributed by atoms with van der Waals surface area (Å²) in [6.07, 6.45) is 2.88. The largest absolute Gasteiger partial charge is 0.439 e. The predicted molar refractivity (Wildman–Crippen MR) is 125 cm³/mol. The molecular formula is C21H12ClN3O4S2. The number of rotatable bonds is 5. The van der Waals surface area contributed by atoms with Gasteiger partial charge < -0.3 is 4.74 Å². The van der Waals surface area contributed by atoms with Crippen LogP contribution in [-0.4, -0.2) is 20.1 Å². The molecule has 0 radical (unpaired) electrons. The van der Waals surface area contributed by atoms with Crippen LogP contribution in [0.25, 0.3) is 6.08 Å². The number of amides is 1. The lowest BCUT2D eigenvalue weighted by Gasteiger charge is -2.14. The molecular weight excluding hydrogens is 458 g/mol. The lowest BCUT2D eigenvalue weighted by atomic mass is 10.2. The van der Waals surface area contributed by atoms with E-state index in [9.17, 15) is 14.9 Å². The quantitative estimate of drug-likeness (QED) is 0.201. The lowest BCUT2D eigenvalue weighted by molar-refractivity contribution is -0.385. The Morgan fingerprint density at radius 1 is 1.16 bits per heavy atom. The highest BCUT2D eigenvalue weighted by molar-refractivity contribution is 8.27. The van der Waals surface area contributed by atoms with Crippen LogP contribution >= 0.6 is 35.6 Å². The molecule has 0 N–H and O–H groups in total. The van der Waals surface area contributed by atoms with Crippen LogP contribution in [0.5, 0.6) is 11.6 Å². The predicted octanol–water partition coefficient (Wildman–Crippen LogP) is 5.84. The number of nitro groups is 1. The standard InChI is InChI=1S/C21H12ClN3O4S2/c22-14-2-1-3-15(11-14)24-20(26)18(31-21(24)30)10-13-4-7-17(8-5-13)29-19-9-6-16(12-23-19)25(27)28/h1-12H/b18-10+. The van der Waals surface area contributed by atoms with Gasteiger partial charge in [0.15, 0.2) is 4.32 Å². The van der Waals surface area contributed by atoms with Crippen molar-refractivity contribution in [1.29, 1.82) is 0 Å². The topological polar surface area (TPSA) is 85.6 Å². The fraction of sp³-hybridized carbons (Fsp3) is 0. The maximum absolute atomic E-state index is 12.8. The lowest BCUT2D eigenvalue weighted by Crippen LogP contribution is -2.27. The first-order valence-electron chi connectivity index (χ1n) is 8.82. The fourth-order valence-electron chi connectivity index (χ4n) is 2.75. The second kappa shape index (κ2) is 8.84. The average molecular weight is 470 g/mol. The van der Waals surface area contributed by atoms with Crippen molar-refractivity contribution in [1.82, 2.24) is 4.98 Å². The third-order valence-electron chi connectivity index (χ3n) is 4.19. The normalized spacial score (nSPS) is 14.9. The first-order chi connectivity index (χ1) is 14.9. The molecule has 0 unspecified atom stereocenters. The van der Waals surface area contributed by atoms with Crippen LogP contribution < -0.4 is 9.64 Å². The number of anilines is 1. The Kier molecular flexibility index (Phi) is 5.99. The summed E-state index contributed by atoms with van der Waals surface area (Å²) >= 11 is 12.6. The van der Waals surface area contributed by atoms with E-state index in [1.165, 1.54) is 28.8 Å². The SMILES string of the molecule is O=C1/C(=C\c2ccc(Oc3ccc([N+](=O)[O-])cn3)cc2)SC(=S)N1c1cccc(Cl)c1. The summed E-state index contributed by atoms with van der Waals surface area (Å²) in [6.45, 7) is 0. The van der Waals surface area contributed by atoms with Gasteiger partial charge >= 0.3 is 0 Å². The van der Waals surface area contributed by atoms with Gasteiger partial charge in [-0.05, 0) is 42.0 Å². The molecule has 31 heavy (non-hydrogen) atoms. The molecule has 1 saturated heterocycles. The highest BCUT2D eigenvalue weighted by Crippen LogP contribution is 2.36. The number of thiocarbonyl (C=S) groups is 1. The summed E-state index contributed by atoms with van der Waals surface area (Å²) in [5.41, 5.74) is 1.30. The smallest absolute Gasteiger partial charge is 0.287 e. The van der Waals surface area contributed by atoms with Crippen molar-refractivity contribution < 1.29 is 14.5 Å². The van der Waals surface area contributed by atoms with Gasteiger partial charge in [-0.25, -0.2) is 4.98 Å². The second-order valence-electron chi connectivity index (χ2n) is 6.28. The first kappa shape index (κ1) is 21.0. The summed E-state index contributed by atoms with van der Waals surface area (Å²) in [7, 11) is 0. The Balaban J connectivity index is 1.48. The van der Waals surface area contributed by atoms with Crippen LogP contribution in [0.3, 0.4) is 0 Å². The van der Waals surface area contributed by atoms with Crippen molar-refractivity contribution in [2.24, 2.45) is 0 Å². The van der Waals surface area contributed by atoms with Crippen molar-refractivity contribution in [2.45, 2.75) is 0 Å². The zero-order valence-electron chi connectivity index (χ0n) is 15.6. The van der Waals surface area contributed by atoms with Gasteiger partial charge in [-0.15, -0.1) is 0 Å². The fourth-order valence-corrected chi connectivity index (χ4v) is 4.23. The van der Waals surface area contributed by atoms with E-state index in [0.717, 1.165) is 11.8 Å². The number of nitrogens with zero attached hydrogens (tertiary/aromatic N) is 3. The molecule has 154 valence electrons. The molecule has 0 saturated carbocycles. The molecule has 1 aliphatic heterocycles. The zero-order chi connectivity index (χ0) is 22.0. The number of hydrogen-bond donors (Lipinski definition) is 0. The van der Waals surface area contributed by atoms with Crippen molar-refractivity contribution in [3.63, 3.8) is 0 Å². The van der Waals surface area contributed by atoms with Crippen molar-refractivity contribution >= 4 is 63.3 Å². The molecule has 0 bridgehead atoms. The molecule has 10 heteroatoms. The number of hydrogen-bond acceptors (Lipinski definition) is 7. The number of aromatic nitrogens is 1. The van der Waals surface area contributed by atoms with Gasteiger partial charge in [-0.1, -0.05) is 53.8 Å². The van der Waals surface area contributed by atoms with Gasteiger partial charge in [0.05, 0.1) is 15.5 Å². The van der Waals surface area contributed by atoms with Crippen LogP contribution in [0.2, 0.25) is 5.02 Å².